The van der Waals surface area contributed by atoms with Crippen molar-refractivity contribution < 1.29 is 9.53 Å². The summed E-state index contributed by atoms with van der Waals surface area (Å²) >= 11 is 1.56. The first kappa shape index (κ1) is 13.5. The van der Waals surface area contributed by atoms with Gasteiger partial charge in [-0.05, 0) is 12.1 Å². The molecule has 1 aromatic heterocycles. The summed E-state index contributed by atoms with van der Waals surface area (Å²) < 4.78 is 7.31. The number of carbonyl (C=O) groups excluding carboxylic acids is 1. The third-order valence-corrected chi connectivity index (χ3v) is 3.73. The molecule has 0 bridgehead atoms. The van der Waals surface area contributed by atoms with Crippen LogP contribution >= 0.6 is 11.8 Å². The van der Waals surface area contributed by atoms with E-state index in [0.717, 1.165) is 22.8 Å². The Bertz CT molecular complexity index is 575. The second-order valence-corrected chi connectivity index (χ2v) is 4.84. The zero-order valence-electron chi connectivity index (χ0n) is 10.7. The molecule has 0 unspecified atom stereocenters. The molecule has 0 aliphatic carbocycles. The number of rotatable bonds is 6. The molecule has 0 aliphatic rings. The number of carbonyl (C=O) groups is 1. The summed E-state index contributed by atoms with van der Waals surface area (Å²) in [7, 11) is 1.60. The number of hydrogen-bond acceptors (Lipinski definition) is 3. The van der Waals surface area contributed by atoms with Gasteiger partial charge >= 0.3 is 0 Å². The first-order valence-corrected chi connectivity index (χ1v) is 6.84. The van der Waals surface area contributed by atoms with Gasteiger partial charge in [0.1, 0.15) is 0 Å². The molecule has 2 rings (SSSR count). The standard InChI is InChI=1S/C15H15NO2S/c1-3-9-19-15-12(11-17)10-14(18-2)16(15)13-7-5-4-6-8-13/h3-8,10-11H,1,9H2,2H3. The lowest BCUT2D eigenvalue weighted by atomic mass is 10.3. The fraction of sp³-hybridized carbons (Fsp3) is 0.133. The molecule has 1 aromatic carbocycles. The maximum Gasteiger partial charge on any atom is 0.199 e. The molecule has 0 saturated heterocycles. The van der Waals surface area contributed by atoms with Gasteiger partial charge in [0, 0.05) is 17.5 Å². The Balaban J connectivity index is 2.58. The van der Waals surface area contributed by atoms with Crippen LogP contribution in [0.25, 0.3) is 5.69 Å². The van der Waals surface area contributed by atoms with Crippen molar-refractivity contribution in [3.8, 4) is 11.6 Å². The van der Waals surface area contributed by atoms with E-state index in [1.807, 2.05) is 41.0 Å². The molecular formula is C15H15NO2S. The van der Waals surface area contributed by atoms with Crippen LogP contribution in [0.1, 0.15) is 10.4 Å². The Morgan fingerprint density at radius 2 is 2.11 bits per heavy atom. The fourth-order valence-corrected chi connectivity index (χ4v) is 2.70. The SMILES string of the molecule is C=CCSc1c(C=O)cc(OC)n1-c1ccccc1. The minimum atomic E-state index is 0.632. The number of hydrogen-bond donors (Lipinski definition) is 0. The van der Waals surface area contributed by atoms with Crippen molar-refractivity contribution in [3.05, 3.63) is 54.6 Å². The number of para-hydroxylation sites is 1. The summed E-state index contributed by atoms with van der Waals surface area (Å²) in [6, 6.07) is 11.6. The summed E-state index contributed by atoms with van der Waals surface area (Å²) in [6.45, 7) is 3.71. The molecule has 0 amide bonds. The summed E-state index contributed by atoms with van der Waals surface area (Å²) in [4.78, 5) is 11.2. The third kappa shape index (κ3) is 2.74. The van der Waals surface area contributed by atoms with Gasteiger partial charge in [-0.25, -0.2) is 0 Å². The van der Waals surface area contributed by atoms with Gasteiger partial charge in [-0.15, -0.1) is 18.3 Å². The topological polar surface area (TPSA) is 31.2 Å². The van der Waals surface area contributed by atoms with Crippen LogP contribution in [0.3, 0.4) is 0 Å². The first-order chi connectivity index (χ1) is 9.31. The molecule has 4 heteroatoms. The highest BCUT2D eigenvalue weighted by molar-refractivity contribution is 7.99. The van der Waals surface area contributed by atoms with Gasteiger partial charge in [0.05, 0.1) is 17.7 Å². The minimum absolute atomic E-state index is 0.632. The Hall–Kier alpha value is -1.94. The second-order valence-electron chi connectivity index (χ2n) is 3.84. The molecule has 0 N–H and O–H groups in total. The Morgan fingerprint density at radius 3 is 2.68 bits per heavy atom. The maximum atomic E-state index is 11.2. The molecule has 3 nitrogen and oxygen atoms in total. The zero-order valence-corrected chi connectivity index (χ0v) is 11.5. The first-order valence-electron chi connectivity index (χ1n) is 5.85. The lowest BCUT2D eigenvalue weighted by Gasteiger charge is -2.11. The van der Waals surface area contributed by atoms with Crippen LogP contribution in [0.15, 0.2) is 54.1 Å². The number of ether oxygens (including phenoxy) is 1. The fourth-order valence-electron chi connectivity index (χ4n) is 1.83. The molecule has 0 atom stereocenters. The Labute approximate surface area is 116 Å². The number of thioether (sulfide) groups is 1. The minimum Gasteiger partial charge on any atom is -0.482 e. The summed E-state index contributed by atoms with van der Waals surface area (Å²) in [5, 5.41) is 0.873. The quantitative estimate of drug-likeness (QED) is 0.458. The molecule has 0 spiro atoms. The van der Waals surface area contributed by atoms with E-state index in [0.29, 0.717) is 11.4 Å². The van der Waals surface area contributed by atoms with Crippen molar-refractivity contribution in [1.29, 1.82) is 0 Å². The number of benzene rings is 1. The van der Waals surface area contributed by atoms with Crippen molar-refractivity contribution in [2.24, 2.45) is 0 Å². The van der Waals surface area contributed by atoms with Crippen molar-refractivity contribution in [2.75, 3.05) is 12.9 Å². The zero-order chi connectivity index (χ0) is 13.7. The number of methoxy groups -OCH3 is 1. The molecule has 1 heterocycles. The third-order valence-electron chi connectivity index (χ3n) is 2.64. The van der Waals surface area contributed by atoms with Gasteiger partial charge in [-0.3, -0.25) is 9.36 Å². The molecule has 19 heavy (non-hydrogen) atoms. The molecule has 0 saturated carbocycles. The van der Waals surface area contributed by atoms with Gasteiger partial charge in [-0.2, -0.15) is 0 Å². The predicted octanol–water partition coefficient (Wildman–Crippen LogP) is 3.58. The van der Waals surface area contributed by atoms with Gasteiger partial charge in [0.2, 0.25) is 0 Å². The van der Waals surface area contributed by atoms with E-state index in [4.69, 9.17) is 4.74 Å². The van der Waals surface area contributed by atoms with E-state index < -0.39 is 0 Å². The molecule has 0 fully saturated rings. The average Bonchev–Trinajstić information content (AvgIpc) is 2.83. The van der Waals surface area contributed by atoms with Gasteiger partial charge in [0.25, 0.3) is 0 Å². The van der Waals surface area contributed by atoms with Gasteiger partial charge < -0.3 is 4.74 Å². The van der Waals surface area contributed by atoms with Crippen LogP contribution in [-0.4, -0.2) is 23.7 Å². The highest BCUT2D eigenvalue weighted by Gasteiger charge is 2.16. The molecule has 0 radical (unpaired) electrons. The number of aromatic nitrogens is 1. The van der Waals surface area contributed by atoms with Crippen LogP contribution in [-0.2, 0) is 0 Å². The van der Waals surface area contributed by atoms with Crippen LogP contribution < -0.4 is 4.74 Å². The molecule has 2 aromatic rings. The van der Waals surface area contributed by atoms with Crippen molar-refractivity contribution in [2.45, 2.75) is 5.03 Å². The molecule has 0 aliphatic heterocycles. The Morgan fingerprint density at radius 1 is 1.37 bits per heavy atom. The van der Waals surface area contributed by atoms with Crippen LogP contribution in [0, 0.1) is 0 Å². The van der Waals surface area contributed by atoms with Crippen LogP contribution in [0.5, 0.6) is 5.88 Å². The second kappa shape index (κ2) is 6.29. The monoisotopic (exact) mass is 273 g/mol. The lowest BCUT2D eigenvalue weighted by molar-refractivity contribution is 0.112. The lowest BCUT2D eigenvalue weighted by Crippen LogP contribution is -1.99. The van der Waals surface area contributed by atoms with Crippen LogP contribution in [0.2, 0.25) is 0 Å². The van der Waals surface area contributed by atoms with Crippen LogP contribution in [0.4, 0.5) is 0 Å². The normalized spacial score (nSPS) is 10.2. The van der Waals surface area contributed by atoms with E-state index in [1.54, 1.807) is 24.9 Å². The largest absolute Gasteiger partial charge is 0.482 e. The predicted molar refractivity (Wildman–Crippen MR) is 78.6 cm³/mol. The molecule has 98 valence electrons. The average molecular weight is 273 g/mol. The highest BCUT2D eigenvalue weighted by atomic mass is 32.2. The van der Waals surface area contributed by atoms with Gasteiger partial charge in [-0.1, -0.05) is 24.3 Å². The highest BCUT2D eigenvalue weighted by Crippen LogP contribution is 2.33. The molecular weight excluding hydrogens is 258 g/mol. The summed E-state index contributed by atoms with van der Waals surface area (Å²) in [5.74, 6) is 1.39. The van der Waals surface area contributed by atoms with E-state index >= 15 is 0 Å². The van der Waals surface area contributed by atoms with Gasteiger partial charge in [0.15, 0.2) is 12.2 Å². The van der Waals surface area contributed by atoms with E-state index in [1.165, 1.54) is 0 Å². The maximum absolute atomic E-state index is 11.2. The van der Waals surface area contributed by atoms with Crippen molar-refractivity contribution >= 4 is 18.0 Å². The van der Waals surface area contributed by atoms with E-state index in [9.17, 15) is 4.79 Å². The van der Waals surface area contributed by atoms with E-state index in [-0.39, 0.29) is 0 Å². The van der Waals surface area contributed by atoms with Crippen molar-refractivity contribution in [3.63, 3.8) is 0 Å². The van der Waals surface area contributed by atoms with E-state index in [2.05, 4.69) is 6.58 Å². The number of nitrogens with zero attached hydrogens (tertiary/aromatic N) is 1. The van der Waals surface area contributed by atoms with Crippen molar-refractivity contribution in [1.82, 2.24) is 4.57 Å². The number of aldehydes is 1. The summed E-state index contributed by atoms with van der Waals surface area (Å²) in [6.07, 6.45) is 2.67. The smallest absolute Gasteiger partial charge is 0.199 e. The Kier molecular flexibility index (Phi) is 4.47. The summed E-state index contributed by atoms with van der Waals surface area (Å²) in [5.41, 5.74) is 1.60.